The largest absolute Gasteiger partial charge is 0.396 e. The number of amides is 1. The number of rotatable bonds is 8. The van der Waals surface area contributed by atoms with Gasteiger partial charge in [-0.15, -0.1) is 11.8 Å². The third kappa shape index (κ3) is 6.12. The third-order valence-electron chi connectivity index (χ3n) is 2.93. The highest BCUT2D eigenvalue weighted by atomic mass is 32.2. The van der Waals surface area contributed by atoms with E-state index < -0.39 is 0 Å². The third-order valence-corrected chi connectivity index (χ3v) is 3.94. The fourth-order valence-electron chi connectivity index (χ4n) is 1.77. The molecule has 0 unspecified atom stereocenters. The summed E-state index contributed by atoms with van der Waals surface area (Å²) in [6.45, 7) is 5.55. The van der Waals surface area contributed by atoms with E-state index in [0.717, 1.165) is 5.75 Å². The van der Waals surface area contributed by atoms with Crippen LogP contribution in [0.25, 0.3) is 0 Å². The predicted molar refractivity (Wildman–Crippen MR) is 80.5 cm³/mol. The summed E-state index contributed by atoms with van der Waals surface area (Å²) in [5.41, 5.74) is 1.25. The first-order valence-corrected chi connectivity index (χ1v) is 7.74. The summed E-state index contributed by atoms with van der Waals surface area (Å²) in [5.74, 6) is 0.980. The lowest BCUT2D eigenvalue weighted by Crippen LogP contribution is -2.32. The zero-order valence-corrected chi connectivity index (χ0v) is 12.6. The Balaban J connectivity index is 2.31. The van der Waals surface area contributed by atoms with Gasteiger partial charge in [-0.2, -0.15) is 0 Å². The summed E-state index contributed by atoms with van der Waals surface area (Å²) in [7, 11) is 0. The van der Waals surface area contributed by atoms with Gasteiger partial charge in [-0.3, -0.25) is 4.79 Å². The van der Waals surface area contributed by atoms with Crippen LogP contribution in [0.5, 0.6) is 0 Å². The quantitative estimate of drug-likeness (QED) is 0.745. The van der Waals surface area contributed by atoms with Gasteiger partial charge in [0.1, 0.15) is 0 Å². The van der Waals surface area contributed by atoms with Gasteiger partial charge in [0.15, 0.2) is 0 Å². The average molecular weight is 281 g/mol. The monoisotopic (exact) mass is 281 g/mol. The molecule has 1 N–H and O–H groups in total. The van der Waals surface area contributed by atoms with Gasteiger partial charge in [-0.25, -0.2) is 0 Å². The minimum absolute atomic E-state index is 0.141. The maximum atomic E-state index is 12.0. The Hall–Kier alpha value is -1.00. The van der Waals surface area contributed by atoms with Crippen LogP contribution < -0.4 is 0 Å². The molecule has 19 heavy (non-hydrogen) atoms. The fourth-order valence-corrected chi connectivity index (χ4v) is 2.61. The molecule has 0 fully saturated rings. The molecular formula is C15H23NO2S. The molecule has 0 saturated carbocycles. The fraction of sp³-hybridized carbons (Fsp3) is 0.533. The van der Waals surface area contributed by atoms with Crippen LogP contribution >= 0.6 is 11.8 Å². The summed E-state index contributed by atoms with van der Waals surface area (Å²) in [4.78, 5) is 15.0. The molecule has 1 aromatic rings. The predicted octanol–water partition coefficient (Wildman–Crippen LogP) is 2.71. The normalized spacial score (nSPS) is 10.5. The van der Waals surface area contributed by atoms with Gasteiger partial charge in [0.25, 0.3) is 0 Å². The van der Waals surface area contributed by atoms with E-state index >= 15 is 0 Å². The van der Waals surface area contributed by atoms with Gasteiger partial charge in [-0.05, 0) is 32.4 Å². The average Bonchev–Trinajstić information content (AvgIpc) is 2.42. The van der Waals surface area contributed by atoms with Gasteiger partial charge in [0.2, 0.25) is 5.91 Å². The van der Waals surface area contributed by atoms with Gasteiger partial charge >= 0.3 is 0 Å². The topological polar surface area (TPSA) is 40.5 Å². The zero-order valence-electron chi connectivity index (χ0n) is 11.8. The number of aliphatic hydroxyl groups is 1. The van der Waals surface area contributed by atoms with Gasteiger partial charge in [-0.1, -0.05) is 17.7 Å². The molecule has 0 radical (unpaired) electrons. The molecule has 1 rings (SSSR count). The first-order valence-electron chi connectivity index (χ1n) is 6.75. The van der Waals surface area contributed by atoms with E-state index in [9.17, 15) is 4.79 Å². The van der Waals surface area contributed by atoms with E-state index in [-0.39, 0.29) is 12.5 Å². The highest BCUT2D eigenvalue weighted by Gasteiger charge is 2.10. The zero-order chi connectivity index (χ0) is 14.1. The van der Waals surface area contributed by atoms with Crippen LogP contribution in [0.3, 0.4) is 0 Å². The summed E-state index contributed by atoms with van der Waals surface area (Å²) in [5, 5.41) is 8.80. The minimum atomic E-state index is 0.141. The Morgan fingerprint density at radius 1 is 1.32 bits per heavy atom. The maximum Gasteiger partial charge on any atom is 0.223 e. The van der Waals surface area contributed by atoms with Gasteiger partial charge < -0.3 is 10.0 Å². The summed E-state index contributed by atoms with van der Waals surface area (Å²) < 4.78 is 0. The molecule has 0 spiro atoms. The Labute approximate surface area is 120 Å². The lowest BCUT2D eigenvalue weighted by Gasteiger charge is -2.20. The number of carbonyl (C=O) groups excluding carboxylic acids is 1. The van der Waals surface area contributed by atoms with Crippen LogP contribution in [-0.4, -0.2) is 41.4 Å². The van der Waals surface area contributed by atoms with Gasteiger partial charge in [0.05, 0.1) is 0 Å². The number of hydrogen-bond acceptors (Lipinski definition) is 3. The number of aliphatic hydroxyl groups excluding tert-OH is 1. The van der Waals surface area contributed by atoms with Crippen molar-refractivity contribution in [2.45, 2.75) is 31.6 Å². The van der Waals surface area contributed by atoms with Crippen LogP contribution in [0.4, 0.5) is 0 Å². The van der Waals surface area contributed by atoms with Crippen molar-refractivity contribution in [2.24, 2.45) is 0 Å². The highest BCUT2D eigenvalue weighted by Crippen LogP contribution is 2.19. The van der Waals surface area contributed by atoms with Crippen molar-refractivity contribution in [3.8, 4) is 0 Å². The molecule has 0 saturated heterocycles. The van der Waals surface area contributed by atoms with Crippen LogP contribution in [-0.2, 0) is 4.79 Å². The van der Waals surface area contributed by atoms with Crippen LogP contribution in [0.15, 0.2) is 29.2 Å². The molecule has 1 amide bonds. The number of carbonyl (C=O) groups is 1. The van der Waals surface area contributed by atoms with Crippen molar-refractivity contribution in [1.82, 2.24) is 4.90 Å². The Bertz CT molecular complexity index is 378. The molecule has 4 heteroatoms. The van der Waals surface area contributed by atoms with Crippen molar-refractivity contribution in [3.05, 3.63) is 29.8 Å². The van der Waals surface area contributed by atoms with E-state index in [1.165, 1.54) is 10.5 Å². The van der Waals surface area contributed by atoms with Crippen molar-refractivity contribution in [2.75, 3.05) is 25.4 Å². The Morgan fingerprint density at radius 2 is 2.00 bits per heavy atom. The SMILES string of the molecule is CCN(CCCO)C(=O)CCSc1ccc(C)cc1. The molecule has 0 bridgehead atoms. The second-order valence-electron chi connectivity index (χ2n) is 4.46. The van der Waals surface area contributed by atoms with Crippen LogP contribution in [0.1, 0.15) is 25.3 Å². The molecule has 106 valence electrons. The van der Waals surface area contributed by atoms with E-state index in [4.69, 9.17) is 5.11 Å². The van der Waals surface area contributed by atoms with Crippen LogP contribution in [0.2, 0.25) is 0 Å². The first-order chi connectivity index (χ1) is 9.17. The lowest BCUT2D eigenvalue weighted by molar-refractivity contribution is -0.130. The molecule has 0 aliphatic heterocycles. The highest BCUT2D eigenvalue weighted by molar-refractivity contribution is 7.99. The van der Waals surface area contributed by atoms with E-state index in [0.29, 0.717) is 25.9 Å². The molecule has 0 aliphatic carbocycles. The van der Waals surface area contributed by atoms with Crippen molar-refractivity contribution >= 4 is 17.7 Å². The molecule has 3 nitrogen and oxygen atoms in total. The maximum absolute atomic E-state index is 12.0. The number of nitrogens with zero attached hydrogens (tertiary/aromatic N) is 1. The molecular weight excluding hydrogens is 258 g/mol. The Kier molecular flexibility index (Phi) is 7.60. The molecule has 0 aromatic heterocycles. The summed E-state index contributed by atoms with van der Waals surface area (Å²) in [6.07, 6.45) is 1.21. The van der Waals surface area contributed by atoms with Crippen molar-refractivity contribution in [3.63, 3.8) is 0 Å². The molecule has 0 aliphatic rings. The number of hydrogen-bond donors (Lipinski definition) is 1. The smallest absolute Gasteiger partial charge is 0.223 e. The number of benzene rings is 1. The van der Waals surface area contributed by atoms with E-state index in [1.54, 1.807) is 11.8 Å². The van der Waals surface area contributed by atoms with Gasteiger partial charge in [0, 0.05) is 36.8 Å². The summed E-state index contributed by atoms with van der Waals surface area (Å²) >= 11 is 1.71. The molecule has 0 heterocycles. The second kappa shape index (κ2) is 8.99. The minimum Gasteiger partial charge on any atom is -0.396 e. The van der Waals surface area contributed by atoms with E-state index in [1.807, 2.05) is 11.8 Å². The molecule has 1 aromatic carbocycles. The lowest BCUT2D eigenvalue weighted by atomic mass is 10.2. The van der Waals surface area contributed by atoms with Crippen molar-refractivity contribution in [1.29, 1.82) is 0 Å². The second-order valence-corrected chi connectivity index (χ2v) is 5.63. The first kappa shape index (κ1) is 16.1. The number of aryl methyl sites for hydroxylation is 1. The van der Waals surface area contributed by atoms with Crippen LogP contribution in [0, 0.1) is 6.92 Å². The van der Waals surface area contributed by atoms with Crippen molar-refractivity contribution < 1.29 is 9.90 Å². The number of thioether (sulfide) groups is 1. The standard InChI is InChI=1S/C15H23NO2S/c1-3-16(10-4-11-17)15(18)9-12-19-14-7-5-13(2)6-8-14/h5-8,17H,3-4,9-12H2,1-2H3. The Morgan fingerprint density at radius 3 is 2.58 bits per heavy atom. The van der Waals surface area contributed by atoms with E-state index in [2.05, 4.69) is 31.2 Å². The molecule has 0 atom stereocenters. The summed E-state index contributed by atoms with van der Waals surface area (Å²) in [6, 6.07) is 8.36.